The summed E-state index contributed by atoms with van der Waals surface area (Å²) < 4.78 is 5.76. The predicted molar refractivity (Wildman–Crippen MR) is 108 cm³/mol. The summed E-state index contributed by atoms with van der Waals surface area (Å²) in [6, 6.07) is 19.8. The molecule has 1 fully saturated rings. The zero-order valence-electron chi connectivity index (χ0n) is 15.6. The average molecular weight is 360 g/mol. The Kier molecular flexibility index (Phi) is 5.16. The Morgan fingerprint density at radius 3 is 2.85 bits per heavy atom. The van der Waals surface area contributed by atoms with E-state index in [4.69, 9.17) is 9.72 Å². The lowest BCUT2D eigenvalue weighted by molar-refractivity contribution is -0.000186. The number of para-hydroxylation sites is 1. The largest absolute Gasteiger partial charge is 0.376 e. The number of carbonyl (C=O) groups is 1. The number of nitrogens with zero attached hydrogens (tertiary/aromatic N) is 2. The number of fused-ring (bicyclic) bond motifs is 1. The molecular formula is C23H24N2O2. The predicted octanol–water partition coefficient (Wildman–Crippen LogP) is 4.54. The highest BCUT2D eigenvalue weighted by Gasteiger charge is 2.20. The Balaban J connectivity index is 1.54. The Hall–Kier alpha value is -2.72. The fourth-order valence-electron chi connectivity index (χ4n) is 3.60. The summed E-state index contributed by atoms with van der Waals surface area (Å²) in [4.78, 5) is 19.4. The van der Waals surface area contributed by atoms with Gasteiger partial charge in [-0.2, -0.15) is 0 Å². The van der Waals surface area contributed by atoms with Gasteiger partial charge < -0.3 is 9.64 Å². The number of aromatic nitrogens is 1. The van der Waals surface area contributed by atoms with Crippen molar-refractivity contribution in [3.63, 3.8) is 0 Å². The molecule has 0 bridgehead atoms. The molecule has 4 nitrogen and oxygen atoms in total. The Morgan fingerprint density at radius 2 is 2.00 bits per heavy atom. The molecular weight excluding hydrogens is 336 g/mol. The molecule has 138 valence electrons. The van der Waals surface area contributed by atoms with Crippen molar-refractivity contribution in [2.24, 2.45) is 0 Å². The second-order valence-corrected chi connectivity index (χ2v) is 7.14. The van der Waals surface area contributed by atoms with E-state index < -0.39 is 0 Å². The van der Waals surface area contributed by atoms with Gasteiger partial charge in [-0.1, -0.05) is 36.4 Å². The summed E-state index contributed by atoms with van der Waals surface area (Å²) in [6.45, 7) is 1.44. The first kappa shape index (κ1) is 17.7. The fraction of sp³-hybridized carbons (Fsp3) is 0.304. The van der Waals surface area contributed by atoms with E-state index in [1.165, 1.54) is 6.42 Å². The third-order valence-electron chi connectivity index (χ3n) is 5.10. The van der Waals surface area contributed by atoms with E-state index in [2.05, 4.69) is 6.07 Å². The highest BCUT2D eigenvalue weighted by Crippen LogP contribution is 2.23. The van der Waals surface area contributed by atoms with Gasteiger partial charge in [0.25, 0.3) is 5.91 Å². The molecule has 0 aliphatic carbocycles. The summed E-state index contributed by atoms with van der Waals surface area (Å²) in [6.07, 6.45) is 3.47. The van der Waals surface area contributed by atoms with Gasteiger partial charge in [0.15, 0.2) is 0 Å². The molecule has 0 saturated carbocycles. The summed E-state index contributed by atoms with van der Waals surface area (Å²) in [5, 5.41) is 1.11. The van der Waals surface area contributed by atoms with Crippen molar-refractivity contribution >= 4 is 16.8 Å². The first-order chi connectivity index (χ1) is 13.2. The number of hydrogen-bond donors (Lipinski definition) is 0. The number of ether oxygens (including phenoxy) is 1. The average Bonchev–Trinajstić information content (AvgIpc) is 2.73. The van der Waals surface area contributed by atoms with E-state index in [0.717, 1.165) is 41.6 Å². The Morgan fingerprint density at radius 1 is 1.11 bits per heavy atom. The third-order valence-corrected chi connectivity index (χ3v) is 5.10. The minimum absolute atomic E-state index is 0.0202. The summed E-state index contributed by atoms with van der Waals surface area (Å²) in [5.74, 6) is 0.0202. The van der Waals surface area contributed by atoms with Crippen LogP contribution in [0.25, 0.3) is 22.2 Å². The smallest absolute Gasteiger partial charge is 0.253 e. The summed E-state index contributed by atoms with van der Waals surface area (Å²) in [7, 11) is 1.85. The molecule has 4 heteroatoms. The van der Waals surface area contributed by atoms with Gasteiger partial charge >= 0.3 is 0 Å². The minimum Gasteiger partial charge on any atom is -0.376 e. The second kappa shape index (κ2) is 7.89. The van der Waals surface area contributed by atoms with Crippen molar-refractivity contribution in [1.82, 2.24) is 9.88 Å². The van der Waals surface area contributed by atoms with Crippen LogP contribution in [0.1, 0.15) is 29.6 Å². The molecule has 1 amide bonds. The zero-order chi connectivity index (χ0) is 18.6. The molecule has 1 aliphatic heterocycles. The van der Waals surface area contributed by atoms with Gasteiger partial charge in [0, 0.05) is 36.7 Å². The van der Waals surface area contributed by atoms with Crippen LogP contribution in [0.4, 0.5) is 0 Å². The van der Waals surface area contributed by atoms with Crippen LogP contribution in [0, 0.1) is 0 Å². The Labute approximate surface area is 159 Å². The van der Waals surface area contributed by atoms with Gasteiger partial charge in [-0.3, -0.25) is 4.79 Å². The quantitative estimate of drug-likeness (QED) is 0.686. The van der Waals surface area contributed by atoms with Crippen molar-refractivity contribution in [3.8, 4) is 11.3 Å². The van der Waals surface area contributed by atoms with Crippen LogP contribution in [0.3, 0.4) is 0 Å². The van der Waals surface area contributed by atoms with Crippen molar-refractivity contribution in [2.45, 2.75) is 25.4 Å². The standard InChI is InChI=1S/C23H24N2O2/c1-25(16-20-10-4-5-14-27-20)23(26)19-9-6-8-18(15-19)22-13-12-17-7-2-3-11-21(17)24-22/h2-3,6-9,11-13,15,20H,4-5,10,14,16H2,1H3. The van der Waals surface area contributed by atoms with E-state index in [9.17, 15) is 4.79 Å². The van der Waals surface area contributed by atoms with Crippen molar-refractivity contribution in [2.75, 3.05) is 20.2 Å². The first-order valence-electron chi connectivity index (χ1n) is 9.54. The minimum atomic E-state index is 0.0202. The van der Waals surface area contributed by atoms with Crippen LogP contribution < -0.4 is 0 Å². The van der Waals surface area contributed by atoms with Crippen molar-refractivity contribution < 1.29 is 9.53 Å². The maximum absolute atomic E-state index is 12.9. The van der Waals surface area contributed by atoms with Gasteiger partial charge in [0.2, 0.25) is 0 Å². The Bertz CT molecular complexity index is 948. The molecule has 2 aromatic carbocycles. The van der Waals surface area contributed by atoms with E-state index in [0.29, 0.717) is 12.1 Å². The molecule has 0 N–H and O–H groups in total. The van der Waals surface area contributed by atoms with E-state index in [1.54, 1.807) is 4.90 Å². The summed E-state index contributed by atoms with van der Waals surface area (Å²) >= 11 is 0. The normalized spacial score (nSPS) is 17.0. The lowest BCUT2D eigenvalue weighted by Gasteiger charge is -2.27. The van der Waals surface area contributed by atoms with Crippen molar-refractivity contribution in [1.29, 1.82) is 0 Å². The number of carbonyl (C=O) groups excluding carboxylic acids is 1. The molecule has 3 aromatic rings. The number of benzene rings is 2. The number of likely N-dealkylation sites (N-methyl/N-ethyl adjacent to an activating group) is 1. The van der Waals surface area contributed by atoms with Gasteiger partial charge in [-0.15, -0.1) is 0 Å². The third kappa shape index (κ3) is 4.01. The fourth-order valence-corrected chi connectivity index (χ4v) is 3.60. The van der Waals surface area contributed by atoms with Crippen LogP contribution in [0.5, 0.6) is 0 Å². The van der Waals surface area contributed by atoms with E-state index >= 15 is 0 Å². The SMILES string of the molecule is CN(CC1CCCCO1)C(=O)c1cccc(-c2ccc3ccccc3n2)c1. The van der Waals surface area contributed by atoms with Crippen LogP contribution in [-0.4, -0.2) is 42.1 Å². The van der Waals surface area contributed by atoms with Crippen LogP contribution >= 0.6 is 0 Å². The highest BCUT2D eigenvalue weighted by molar-refractivity contribution is 5.95. The van der Waals surface area contributed by atoms with Gasteiger partial charge in [0.05, 0.1) is 17.3 Å². The number of amides is 1. The zero-order valence-corrected chi connectivity index (χ0v) is 15.6. The molecule has 1 unspecified atom stereocenters. The monoisotopic (exact) mass is 360 g/mol. The van der Waals surface area contributed by atoms with Crippen LogP contribution in [-0.2, 0) is 4.74 Å². The second-order valence-electron chi connectivity index (χ2n) is 7.14. The van der Waals surface area contributed by atoms with E-state index in [-0.39, 0.29) is 12.0 Å². The lowest BCUT2D eigenvalue weighted by Crippen LogP contribution is -2.37. The van der Waals surface area contributed by atoms with Crippen LogP contribution in [0.2, 0.25) is 0 Å². The van der Waals surface area contributed by atoms with Gasteiger partial charge in [-0.25, -0.2) is 4.98 Å². The molecule has 1 saturated heterocycles. The summed E-state index contributed by atoms with van der Waals surface area (Å²) in [5.41, 5.74) is 3.47. The van der Waals surface area contributed by atoms with E-state index in [1.807, 2.05) is 61.6 Å². The number of rotatable bonds is 4. The van der Waals surface area contributed by atoms with Crippen molar-refractivity contribution in [3.05, 3.63) is 66.2 Å². The molecule has 1 aromatic heterocycles. The molecule has 27 heavy (non-hydrogen) atoms. The maximum atomic E-state index is 12.9. The molecule has 4 rings (SSSR count). The molecule has 1 atom stereocenters. The first-order valence-corrected chi connectivity index (χ1v) is 9.54. The van der Waals surface area contributed by atoms with Gasteiger partial charge in [-0.05, 0) is 43.5 Å². The lowest BCUT2D eigenvalue weighted by atomic mass is 10.0. The number of hydrogen-bond acceptors (Lipinski definition) is 3. The molecule has 0 radical (unpaired) electrons. The topological polar surface area (TPSA) is 42.4 Å². The number of pyridine rings is 1. The maximum Gasteiger partial charge on any atom is 0.253 e. The molecule has 1 aliphatic rings. The van der Waals surface area contributed by atoms with Crippen LogP contribution in [0.15, 0.2) is 60.7 Å². The highest BCUT2D eigenvalue weighted by atomic mass is 16.5. The molecule has 0 spiro atoms. The van der Waals surface area contributed by atoms with Gasteiger partial charge in [0.1, 0.15) is 0 Å². The molecule has 2 heterocycles.